The maximum absolute atomic E-state index is 12.3. The summed E-state index contributed by atoms with van der Waals surface area (Å²) < 4.78 is 5.05. The van der Waals surface area contributed by atoms with Crippen LogP contribution in [0.5, 0.6) is 0 Å². The lowest BCUT2D eigenvalue weighted by Crippen LogP contribution is -2.50. The molecule has 1 aliphatic rings. The summed E-state index contributed by atoms with van der Waals surface area (Å²) in [6.45, 7) is 2.01. The van der Waals surface area contributed by atoms with Gasteiger partial charge in [-0.05, 0) is 25.3 Å². The Morgan fingerprint density at radius 2 is 2.04 bits per heavy atom. The highest BCUT2D eigenvalue weighted by Crippen LogP contribution is 2.18. The molecule has 23 heavy (non-hydrogen) atoms. The summed E-state index contributed by atoms with van der Waals surface area (Å²) >= 11 is 0. The molecule has 1 aliphatic heterocycles. The minimum absolute atomic E-state index is 0.106. The fourth-order valence-corrected chi connectivity index (χ4v) is 2.54. The lowest BCUT2D eigenvalue weighted by Gasteiger charge is -2.25. The van der Waals surface area contributed by atoms with E-state index in [0.29, 0.717) is 19.4 Å². The molecule has 2 atom stereocenters. The van der Waals surface area contributed by atoms with Crippen molar-refractivity contribution in [1.29, 1.82) is 0 Å². The Labute approximate surface area is 134 Å². The summed E-state index contributed by atoms with van der Waals surface area (Å²) in [6.07, 6.45) is 0.376. The lowest BCUT2D eigenvalue weighted by molar-refractivity contribution is -0.148. The molecule has 2 rings (SSSR count). The van der Waals surface area contributed by atoms with Gasteiger partial charge in [-0.15, -0.1) is 0 Å². The van der Waals surface area contributed by atoms with E-state index in [4.69, 9.17) is 9.84 Å². The third-order valence-electron chi connectivity index (χ3n) is 3.74. The monoisotopic (exact) mass is 320 g/mol. The molecule has 2 amide bonds. The van der Waals surface area contributed by atoms with Crippen LogP contribution in [0.2, 0.25) is 0 Å². The van der Waals surface area contributed by atoms with Gasteiger partial charge in [0.25, 0.3) is 0 Å². The molecule has 7 nitrogen and oxygen atoms in total. The van der Waals surface area contributed by atoms with E-state index >= 15 is 0 Å². The van der Waals surface area contributed by atoms with Crippen molar-refractivity contribution in [3.05, 3.63) is 35.9 Å². The minimum Gasteiger partial charge on any atom is -0.480 e. The minimum atomic E-state index is -1.02. The molecular weight excluding hydrogens is 300 g/mol. The van der Waals surface area contributed by atoms with E-state index in [1.54, 1.807) is 0 Å². The van der Waals surface area contributed by atoms with Gasteiger partial charge >= 0.3 is 12.1 Å². The zero-order valence-electron chi connectivity index (χ0n) is 12.9. The average Bonchev–Trinajstić information content (AvgIpc) is 3.03. The van der Waals surface area contributed by atoms with E-state index in [2.05, 4.69) is 5.32 Å². The number of carbonyl (C=O) groups excluding carboxylic acids is 2. The number of nitrogens with one attached hydrogen (secondary N) is 1. The summed E-state index contributed by atoms with van der Waals surface area (Å²) in [4.78, 5) is 36.4. The van der Waals surface area contributed by atoms with Crippen LogP contribution in [0.15, 0.2) is 30.3 Å². The molecule has 124 valence electrons. The van der Waals surface area contributed by atoms with Gasteiger partial charge in [-0.2, -0.15) is 0 Å². The smallest absolute Gasteiger partial charge is 0.408 e. The van der Waals surface area contributed by atoms with Gasteiger partial charge in [0, 0.05) is 6.54 Å². The fraction of sp³-hybridized carbons (Fsp3) is 0.438. The van der Waals surface area contributed by atoms with Crippen LogP contribution < -0.4 is 5.32 Å². The molecule has 1 fully saturated rings. The van der Waals surface area contributed by atoms with Crippen LogP contribution in [0.4, 0.5) is 4.79 Å². The molecule has 0 saturated carbocycles. The van der Waals surface area contributed by atoms with Crippen molar-refractivity contribution in [3.63, 3.8) is 0 Å². The topological polar surface area (TPSA) is 95.9 Å². The number of alkyl carbamates (subject to hydrolysis) is 1. The summed E-state index contributed by atoms with van der Waals surface area (Å²) in [5.74, 6) is -1.43. The predicted molar refractivity (Wildman–Crippen MR) is 81.6 cm³/mol. The maximum Gasteiger partial charge on any atom is 0.408 e. The quantitative estimate of drug-likeness (QED) is 0.854. The molecule has 0 aromatic heterocycles. The maximum atomic E-state index is 12.3. The van der Waals surface area contributed by atoms with Crippen molar-refractivity contribution in [2.75, 3.05) is 6.54 Å². The first-order valence-corrected chi connectivity index (χ1v) is 7.49. The van der Waals surface area contributed by atoms with E-state index in [9.17, 15) is 14.4 Å². The number of carbonyl (C=O) groups is 3. The molecule has 7 heteroatoms. The Kier molecular flexibility index (Phi) is 5.56. The number of carboxylic acids is 1. The van der Waals surface area contributed by atoms with Gasteiger partial charge in [-0.1, -0.05) is 30.3 Å². The van der Waals surface area contributed by atoms with E-state index < -0.39 is 30.1 Å². The summed E-state index contributed by atoms with van der Waals surface area (Å²) in [5.41, 5.74) is 0.840. The van der Waals surface area contributed by atoms with E-state index in [-0.39, 0.29) is 6.61 Å². The summed E-state index contributed by atoms with van der Waals surface area (Å²) in [7, 11) is 0. The Morgan fingerprint density at radius 1 is 1.35 bits per heavy atom. The zero-order valence-corrected chi connectivity index (χ0v) is 12.9. The molecule has 0 aliphatic carbocycles. The third-order valence-corrected chi connectivity index (χ3v) is 3.74. The molecule has 0 spiro atoms. The number of rotatable bonds is 5. The number of amides is 2. The van der Waals surface area contributed by atoms with Crippen molar-refractivity contribution in [3.8, 4) is 0 Å². The second kappa shape index (κ2) is 7.62. The van der Waals surface area contributed by atoms with Crippen LogP contribution in [-0.4, -0.2) is 46.6 Å². The Hall–Kier alpha value is -2.57. The highest BCUT2D eigenvalue weighted by molar-refractivity contribution is 5.89. The number of benzene rings is 1. The van der Waals surface area contributed by atoms with Gasteiger partial charge < -0.3 is 20.1 Å². The molecule has 1 aromatic carbocycles. The number of nitrogens with zero attached hydrogens (tertiary/aromatic N) is 1. The predicted octanol–water partition coefficient (Wildman–Crippen LogP) is 1.38. The van der Waals surface area contributed by atoms with Crippen LogP contribution in [0.25, 0.3) is 0 Å². The second-order valence-electron chi connectivity index (χ2n) is 5.46. The molecular formula is C16H20N2O5. The Balaban J connectivity index is 1.83. The number of carboxylic acid groups (broad SMARTS) is 1. The third kappa shape index (κ3) is 4.45. The summed E-state index contributed by atoms with van der Waals surface area (Å²) in [6, 6.07) is 7.53. The van der Waals surface area contributed by atoms with E-state index in [1.165, 1.54) is 11.8 Å². The zero-order chi connectivity index (χ0) is 16.8. The number of likely N-dealkylation sites (tertiary alicyclic amines) is 1. The van der Waals surface area contributed by atoms with Gasteiger partial charge in [0.1, 0.15) is 18.7 Å². The number of ether oxygens (including phenoxy) is 1. The second-order valence-corrected chi connectivity index (χ2v) is 5.46. The molecule has 0 unspecified atom stereocenters. The van der Waals surface area contributed by atoms with Crippen molar-refractivity contribution in [2.45, 2.75) is 38.5 Å². The van der Waals surface area contributed by atoms with Crippen LogP contribution in [0.1, 0.15) is 25.3 Å². The van der Waals surface area contributed by atoms with Gasteiger partial charge in [-0.25, -0.2) is 9.59 Å². The van der Waals surface area contributed by atoms with E-state index in [0.717, 1.165) is 5.56 Å². The molecule has 0 radical (unpaired) electrons. The van der Waals surface area contributed by atoms with Crippen molar-refractivity contribution >= 4 is 18.0 Å². The largest absolute Gasteiger partial charge is 0.480 e. The fourth-order valence-electron chi connectivity index (χ4n) is 2.54. The summed E-state index contributed by atoms with van der Waals surface area (Å²) in [5, 5.41) is 11.5. The van der Waals surface area contributed by atoms with Crippen molar-refractivity contribution < 1.29 is 24.2 Å². The molecule has 1 heterocycles. The first-order valence-electron chi connectivity index (χ1n) is 7.49. The highest BCUT2D eigenvalue weighted by atomic mass is 16.5. The number of hydrogen-bond acceptors (Lipinski definition) is 4. The van der Waals surface area contributed by atoms with Gasteiger partial charge in [0.2, 0.25) is 5.91 Å². The van der Waals surface area contributed by atoms with Gasteiger partial charge in [-0.3, -0.25) is 4.79 Å². The van der Waals surface area contributed by atoms with Crippen LogP contribution in [0.3, 0.4) is 0 Å². The van der Waals surface area contributed by atoms with Gasteiger partial charge in [0.05, 0.1) is 0 Å². The molecule has 1 aromatic rings. The number of hydrogen-bond donors (Lipinski definition) is 2. The van der Waals surface area contributed by atoms with Crippen LogP contribution in [-0.2, 0) is 20.9 Å². The normalized spacial score (nSPS) is 18.3. The van der Waals surface area contributed by atoms with E-state index in [1.807, 2.05) is 30.3 Å². The lowest BCUT2D eigenvalue weighted by atomic mass is 10.2. The number of aliphatic carboxylic acids is 1. The Bertz CT molecular complexity index is 575. The molecule has 1 saturated heterocycles. The Morgan fingerprint density at radius 3 is 2.70 bits per heavy atom. The van der Waals surface area contributed by atoms with Crippen LogP contribution >= 0.6 is 0 Å². The standard InChI is InChI=1S/C16H20N2O5/c1-11(14(19)18-9-5-8-13(18)15(20)21)17-16(22)23-10-12-6-3-2-4-7-12/h2-4,6-7,11,13H,5,8-10H2,1H3,(H,17,22)(H,20,21)/t11-,13-/m0/s1. The van der Waals surface area contributed by atoms with Gasteiger partial charge in [0.15, 0.2) is 0 Å². The first-order chi connectivity index (χ1) is 11.0. The van der Waals surface area contributed by atoms with Crippen molar-refractivity contribution in [1.82, 2.24) is 10.2 Å². The average molecular weight is 320 g/mol. The van der Waals surface area contributed by atoms with Crippen LogP contribution in [0, 0.1) is 0 Å². The highest BCUT2D eigenvalue weighted by Gasteiger charge is 2.36. The molecule has 2 N–H and O–H groups in total. The SMILES string of the molecule is C[C@H](NC(=O)OCc1ccccc1)C(=O)N1CCC[C@H]1C(=O)O. The first kappa shape index (κ1) is 16.8. The van der Waals surface area contributed by atoms with Crippen molar-refractivity contribution in [2.24, 2.45) is 0 Å². The molecule has 0 bridgehead atoms.